The van der Waals surface area contributed by atoms with Crippen molar-refractivity contribution in [2.75, 3.05) is 13.2 Å². The van der Waals surface area contributed by atoms with Crippen LogP contribution in [0.2, 0.25) is 0 Å². The molecule has 3 rings (SSSR count). The maximum Gasteiger partial charge on any atom is 0.0471 e. The molecule has 0 saturated heterocycles. The van der Waals surface area contributed by atoms with Gasteiger partial charge in [-0.1, -0.05) is 25.7 Å². The lowest BCUT2D eigenvalue weighted by Gasteiger charge is -2.47. The highest BCUT2D eigenvalue weighted by Gasteiger charge is 2.52. The number of ether oxygens (including phenoxy) is 1. The van der Waals surface area contributed by atoms with Gasteiger partial charge in [0, 0.05) is 13.2 Å². The van der Waals surface area contributed by atoms with Crippen molar-refractivity contribution in [1.82, 2.24) is 0 Å². The number of hydrogen-bond donors (Lipinski definition) is 0. The fraction of sp³-hybridized carbons (Fsp3) is 0.944. The molecule has 1 nitrogen and oxygen atoms in total. The first-order chi connectivity index (χ1) is 9.37. The smallest absolute Gasteiger partial charge is 0.0471 e. The highest BCUT2D eigenvalue weighted by molar-refractivity contribution is 5.18. The van der Waals surface area contributed by atoms with Crippen molar-refractivity contribution in [3.63, 3.8) is 0 Å². The average molecular weight is 263 g/mol. The van der Waals surface area contributed by atoms with E-state index < -0.39 is 0 Å². The van der Waals surface area contributed by atoms with E-state index in [0.29, 0.717) is 5.41 Å². The van der Waals surface area contributed by atoms with E-state index in [-0.39, 0.29) is 0 Å². The lowest BCUT2D eigenvalue weighted by molar-refractivity contribution is 0.0679. The van der Waals surface area contributed by atoms with E-state index in [1.54, 1.807) is 0 Å². The average Bonchev–Trinajstić information content (AvgIpc) is 3.16. The Morgan fingerprint density at radius 2 is 1.84 bits per heavy atom. The molecule has 19 heavy (non-hydrogen) atoms. The number of rotatable bonds is 6. The van der Waals surface area contributed by atoms with Crippen LogP contribution in [0.1, 0.15) is 77.6 Å². The third-order valence-electron chi connectivity index (χ3n) is 6.06. The molecule has 0 bridgehead atoms. The van der Waals surface area contributed by atoms with Crippen molar-refractivity contribution in [1.29, 1.82) is 0 Å². The van der Waals surface area contributed by atoms with E-state index in [0.717, 1.165) is 25.0 Å². The first kappa shape index (κ1) is 13.9. The zero-order valence-electron chi connectivity index (χ0n) is 12.8. The molecular formula is C18H31O. The van der Waals surface area contributed by atoms with Gasteiger partial charge in [-0.05, 0) is 75.0 Å². The van der Waals surface area contributed by atoms with Crippen molar-refractivity contribution in [2.24, 2.45) is 17.3 Å². The van der Waals surface area contributed by atoms with Crippen LogP contribution in [0.3, 0.4) is 0 Å². The summed E-state index contributed by atoms with van der Waals surface area (Å²) >= 11 is 0. The van der Waals surface area contributed by atoms with Crippen LogP contribution in [0.15, 0.2) is 0 Å². The van der Waals surface area contributed by atoms with Crippen molar-refractivity contribution in [3.05, 3.63) is 5.92 Å². The Hall–Kier alpha value is -0.0400. The van der Waals surface area contributed by atoms with Gasteiger partial charge in [-0.25, -0.2) is 0 Å². The molecule has 0 heterocycles. The number of hydrogen-bond acceptors (Lipinski definition) is 1. The minimum absolute atomic E-state index is 0.614. The van der Waals surface area contributed by atoms with Gasteiger partial charge in [0.2, 0.25) is 0 Å². The maximum atomic E-state index is 5.74. The Kier molecular flexibility index (Phi) is 4.51. The van der Waals surface area contributed by atoms with E-state index in [2.05, 4.69) is 6.92 Å². The predicted octanol–water partition coefficient (Wildman–Crippen LogP) is 5.15. The fourth-order valence-corrected chi connectivity index (χ4v) is 5.04. The van der Waals surface area contributed by atoms with Gasteiger partial charge < -0.3 is 4.74 Å². The Morgan fingerprint density at radius 3 is 2.53 bits per heavy atom. The van der Waals surface area contributed by atoms with Crippen LogP contribution < -0.4 is 0 Å². The van der Waals surface area contributed by atoms with E-state index in [1.165, 1.54) is 70.6 Å². The van der Waals surface area contributed by atoms with Crippen LogP contribution in [-0.2, 0) is 4.74 Å². The normalized spacial score (nSPS) is 33.9. The van der Waals surface area contributed by atoms with Crippen LogP contribution in [-0.4, -0.2) is 13.2 Å². The van der Waals surface area contributed by atoms with Crippen molar-refractivity contribution < 1.29 is 4.74 Å². The topological polar surface area (TPSA) is 9.23 Å². The molecule has 0 spiro atoms. The first-order valence-electron chi connectivity index (χ1n) is 8.81. The zero-order valence-corrected chi connectivity index (χ0v) is 12.8. The summed E-state index contributed by atoms with van der Waals surface area (Å²) < 4.78 is 5.74. The lowest BCUT2D eigenvalue weighted by atomic mass is 9.57. The molecule has 3 aliphatic carbocycles. The Morgan fingerprint density at radius 1 is 1.05 bits per heavy atom. The summed E-state index contributed by atoms with van der Waals surface area (Å²) in [4.78, 5) is 0. The molecule has 1 unspecified atom stereocenters. The van der Waals surface area contributed by atoms with Crippen molar-refractivity contribution in [2.45, 2.75) is 77.6 Å². The van der Waals surface area contributed by atoms with Gasteiger partial charge >= 0.3 is 0 Å². The molecular weight excluding hydrogens is 232 g/mol. The summed E-state index contributed by atoms with van der Waals surface area (Å²) in [5, 5.41) is 0. The quantitative estimate of drug-likeness (QED) is 0.602. The molecule has 0 aromatic carbocycles. The van der Waals surface area contributed by atoms with Gasteiger partial charge in [-0.15, -0.1) is 0 Å². The monoisotopic (exact) mass is 263 g/mol. The third-order valence-corrected chi connectivity index (χ3v) is 6.06. The molecule has 1 atom stereocenters. The summed E-state index contributed by atoms with van der Waals surface area (Å²) in [6.45, 7) is 4.02. The SMILES string of the molecule is CCOCCC1(C2CC2)CCCC[C]1C1CCCC1. The largest absolute Gasteiger partial charge is 0.382 e. The molecule has 1 radical (unpaired) electrons. The molecule has 1 heteroatoms. The van der Waals surface area contributed by atoms with Gasteiger partial charge in [0.15, 0.2) is 0 Å². The molecule has 0 aromatic heterocycles. The summed E-state index contributed by atoms with van der Waals surface area (Å²) in [6.07, 6.45) is 16.2. The minimum atomic E-state index is 0.614. The van der Waals surface area contributed by atoms with Gasteiger partial charge in [0.1, 0.15) is 0 Å². The molecule has 3 fully saturated rings. The molecule has 0 aromatic rings. The second-order valence-electron chi connectivity index (χ2n) is 7.09. The van der Waals surface area contributed by atoms with Crippen LogP contribution in [0.5, 0.6) is 0 Å². The van der Waals surface area contributed by atoms with Crippen LogP contribution in [0.25, 0.3) is 0 Å². The summed E-state index contributed by atoms with van der Waals surface area (Å²) in [6, 6.07) is 0. The van der Waals surface area contributed by atoms with Gasteiger partial charge in [-0.2, -0.15) is 0 Å². The zero-order chi connectivity index (χ0) is 13.1. The van der Waals surface area contributed by atoms with E-state index in [4.69, 9.17) is 4.74 Å². The fourth-order valence-electron chi connectivity index (χ4n) is 5.04. The molecule has 0 amide bonds. The molecule has 0 N–H and O–H groups in total. The molecule has 109 valence electrons. The lowest BCUT2D eigenvalue weighted by Crippen LogP contribution is -2.39. The Balaban J connectivity index is 1.72. The molecule has 0 aliphatic heterocycles. The summed E-state index contributed by atoms with van der Waals surface area (Å²) in [7, 11) is 0. The highest BCUT2D eigenvalue weighted by atomic mass is 16.5. The van der Waals surface area contributed by atoms with Gasteiger partial charge in [-0.3, -0.25) is 0 Å². The van der Waals surface area contributed by atoms with E-state index in [9.17, 15) is 0 Å². The summed E-state index contributed by atoms with van der Waals surface area (Å²) in [5.41, 5.74) is 0.614. The Labute approximate surface area is 119 Å². The Bertz CT molecular complexity index is 277. The first-order valence-corrected chi connectivity index (χ1v) is 8.81. The van der Waals surface area contributed by atoms with Crippen LogP contribution in [0.4, 0.5) is 0 Å². The van der Waals surface area contributed by atoms with Crippen LogP contribution >= 0.6 is 0 Å². The predicted molar refractivity (Wildman–Crippen MR) is 79.9 cm³/mol. The standard InChI is InChI=1S/C18H31O/c1-2-19-14-13-18(16-10-11-16)12-6-5-9-17(18)15-7-3-4-8-15/h15-16H,2-14H2,1H3. The highest BCUT2D eigenvalue weighted by Crippen LogP contribution is 2.62. The van der Waals surface area contributed by atoms with E-state index >= 15 is 0 Å². The van der Waals surface area contributed by atoms with Crippen molar-refractivity contribution in [3.8, 4) is 0 Å². The second kappa shape index (κ2) is 6.16. The molecule has 3 aliphatic rings. The third kappa shape index (κ3) is 2.86. The maximum absolute atomic E-state index is 5.74. The van der Waals surface area contributed by atoms with Crippen LogP contribution in [0, 0.1) is 23.2 Å². The second-order valence-corrected chi connectivity index (χ2v) is 7.09. The molecule has 3 saturated carbocycles. The summed E-state index contributed by atoms with van der Waals surface area (Å²) in [5.74, 6) is 4.03. The minimum Gasteiger partial charge on any atom is -0.382 e. The van der Waals surface area contributed by atoms with Gasteiger partial charge in [0.05, 0.1) is 0 Å². The van der Waals surface area contributed by atoms with Crippen molar-refractivity contribution >= 4 is 0 Å². The van der Waals surface area contributed by atoms with E-state index in [1.807, 2.05) is 5.92 Å². The van der Waals surface area contributed by atoms with Gasteiger partial charge in [0.25, 0.3) is 0 Å².